The van der Waals surface area contributed by atoms with Gasteiger partial charge >= 0.3 is 6.09 Å². The molecule has 0 radical (unpaired) electrons. The summed E-state index contributed by atoms with van der Waals surface area (Å²) in [6.07, 6.45) is 0.574. The zero-order valence-electron chi connectivity index (χ0n) is 23.5. The molecule has 1 atom stereocenters. The summed E-state index contributed by atoms with van der Waals surface area (Å²) in [5.41, 5.74) is 1.56. The highest BCUT2D eigenvalue weighted by molar-refractivity contribution is 7.93. The molecule has 3 aromatic carbocycles. The smallest absolute Gasteiger partial charge is 0.407 e. The van der Waals surface area contributed by atoms with Crippen LogP contribution < -0.4 is 24.4 Å². The summed E-state index contributed by atoms with van der Waals surface area (Å²) in [7, 11) is -0.0912. The van der Waals surface area contributed by atoms with E-state index >= 15 is 4.39 Å². The standard InChI is InChI=1S/C29H30ClFN4O6S2/c1-32-29(36)41-22(13-19-7-5-4-6-8-19)17-34-25-16-24(31)27(15-23(25)30)43(37,38)35(28-33-11-12-42-28)18-20-9-10-21(39-2)14-26(20)40-3/h4-12,14-16,22,34H,13,17-18H2,1-3H3,(H,32,36). The Labute approximate surface area is 258 Å². The van der Waals surface area contributed by atoms with E-state index in [1.54, 1.807) is 23.6 Å². The van der Waals surface area contributed by atoms with E-state index in [0.29, 0.717) is 23.5 Å². The van der Waals surface area contributed by atoms with Gasteiger partial charge in [0.15, 0.2) is 5.13 Å². The molecule has 43 heavy (non-hydrogen) atoms. The highest BCUT2D eigenvalue weighted by atomic mass is 35.5. The molecule has 1 aromatic heterocycles. The van der Waals surface area contributed by atoms with Gasteiger partial charge in [-0.25, -0.2) is 26.9 Å². The van der Waals surface area contributed by atoms with Gasteiger partial charge in [0.25, 0.3) is 10.0 Å². The molecule has 10 nitrogen and oxygen atoms in total. The summed E-state index contributed by atoms with van der Waals surface area (Å²) >= 11 is 7.56. The molecule has 0 aliphatic heterocycles. The number of hydrogen-bond donors (Lipinski definition) is 2. The molecule has 1 heterocycles. The van der Waals surface area contributed by atoms with E-state index in [0.717, 1.165) is 33.3 Å². The number of hydrogen-bond acceptors (Lipinski definition) is 9. The first-order valence-electron chi connectivity index (χ1n) is 12.9. The lowest BCUT2D eigenvalue weighted by atomic mass is 10.1. The van der Waals surface area contributed by atoms with Gasteiger partial charge in [0, 0.05) is 36.7 Å². The van der Waals surface area contributed by atoms with Crippen LogP contribution in [0.15, 0.2) is 77.1 Å². The lowest BCUT2D eigenvalue weighted by Gasteiger charge is -2.24. The number of carbonyl (C=O) groups excluding carboxylic acids is 1. The van der Waals surface area contributed by atoms with Crippen molar-refractivity contribution in [1.82, 2.24) is 10.3 Å². The maximum absolute atomic E-state index is 15.6. The Morgan fingerprint density at radius 2 is 1.88 bits per heavy atom. The molecule has 14 heteroatoms. The van der Waals surface area contributed by atoms with Gasteiger partial charge in [-0.2, -0.15) is 0 Å². The SMILES string of the molecule is CNC(=O)OC(CNc1cc(F)c(S(=O)(=O)N(Cc2ccc(OC)cc2OC)c2nccs2)cc1Cl)Cc1ccccc1. The normalized spacial score (nSPS) is 11.8. The minimum absolute atomic E-state index is 0.0421. The minimum atomic E-state index is -4.49. The fraction of sp³-hybridized carbons (Fsp3) is 0.241. The van der Waals surface area contributed by atoms with E-state index in [4.69, 9.17) is 25.8 Å². The number of nitrogens with one attached hydrogen (secondary N) is 2. The quantitative estimate of drug-likeness (QED) is 0.189. The Bertz CT molecular complexity index is 1640. The van der Waals surface area contributed by atoms with Crippen LogP contribution in [0.4, 0.5) is 20.0 Å². The topological polar surface area (TPSA) is 119 Å². The molecule has 0 saturated carbocycles. The number of halogens is 2. The van der Waals surface area contributed by atoms with Crippen LogP contribution in [0.3, 0.4) is 0 Å². The average Bonchev–Trinajstić information content (AvgIpc) is 3.54. The number of carbonyl (C=O) groups is 1. The van der Waals surface area contributed by atoms with Gasteiger partial charge in [-0.15, -0.1) is 11.3 Å². The summed E-state index contributed by atoms with van der Waals surface area (Å²) in [6, 6.07) is 16.4. The number of aromatic nitrogens is 1. The molecule has 1 amide bonds. The summed E-state index contributed by atoms with van der Waals surface area (Å²) < 4.78 is 60.5. The van der Waals surface area contributed by atoms with Crippen molar-refractivity contribution in [2.75, 3.05) is 37.4 Å². The van der Waals surface area contributed by atoms with Crippen molar-refractivity contribution >= 4 is 49.9 Å². The van der Waals surface area contributed by atoms with Crippen molar-refractivity contribution in [3.63, 3.8) is 0 Å². The molecule has 4 aromatic rings. The van der Waals surface area contributed by atoms with Crippen LogP contribution in [-0.2, 0) is 27.7 Å². The summed E-state index contributed by atoms with van der Waals surface area (Å²) in [5, 5.41) is 7.10. The molecule has 0 saturated heterocycles. The second kappa shape index (κ2) is 14.4. The number of methoxy groups -OCH3 is 2. The van der Waals surface area contributed by atoms with E-state index in [1.807, 2.05) is 30.3 Å². The molecular weight excluding hydrogens is 619 g/mol. The molecular formula is C29H30ClFN4O6S2. The van der Waals surface area contributed by atoms with Gasteiger partial charge in [0.05, 0.1) is 38.0 Å². The Hall–Kier alpha value is -4.07. The van der Waals surface area contributed by atoms with Gasteiger partial charge in [-0.1, -0.05) is 41.9 Å². The summed E-state index contributed by atoms with van der Waals surface area (Å²) in [5.74, 6) is -0.114. The number of benzene rings is 3. The third-order valence-electron chi connectivity index (χ3n) is 6.33. The number of anilines is 2. The van der Waals surface area contributed by atoms with Crippen molar-refractivity contribution in [3.8, 4) is 11.5 Å². The van der Waals surface area contributed by atoms with Crippen molar-refractivity contribution in [3.05, 3.63) is 94.2 Å². The van der Waals surface area contributed by atoms with E-state index in [9.17, 15) is 13.2 Å². The number of nitrogens with zero attached hydrogens (tertiary/aromatic N) is 2. The number of alkyl carbamates (subject to hydrolysis) is 1. The average molecular weight is 649 g/mol. The van der Waals surface area contributed by atoms with Crippen LogP contribution in [0, 0.1) is 5.82 Å². The number of thiazole rings is 1. The van der Waals surface area contributed by atoms with Crippen LogP contribution >= 0.6 is 22.9 Å². The van der Waals surface area contributed by atoms with Crippen LogP contribution in [0.1, 0.15) is 11.1 Å². The second-order valence-electron chi connectivity index (χ2n) is 9.11. The maximum Gasteiger partial charge on any atom is 0.407 e. The number of rotatable bonds is 13. The molecule has 228 valence electrons. The monoisotopic (exact) mass is 648 g/mol. The van der Waals surface area contributed by atoms with Crippen LogP contribution in [0.5, 0.6) is 11.5 Å². The van der Waals surface area contributed by atoms with E-state index in [1.165, 1.54) is 27.5 Å². The predicted molar refractivity (Wildman–Crippen MR) is 164 cm³/mol. The third-order valence-corrected chi connectivity index (χ3v) is 9.31. The van der Waals surface area contributed by atoms with E-state index in [-0.39, 0.29) is 28.9 Å². The zero-order valence-corrected chi connectivity index (χ0v) is 25.9. The predicted octanol–water partition coefficient (Wildman–Crippen LogP) is 5.73. The first kappa shape index (κ1) is 31.9. The lowest BCUT2D eigenvalue weighted by molar-refractivity contribution is 0.106. The van der Waals surface area contributed by atoms with Crippen molar-refractivity contribution in [1.29, 1.82) is 0 Å². The van der Waals surface area contributed by atoms with Gasteiger partial charge in [0.1, 0.15) is 28.3 Å². The first-order chi connectivity index (χ1) is 20.7. The van der Waals surface area contributed by atoms with Gasteiger partial charge in [-0.3, -0.25) is 0 Å². The Morgan fingerprint density at radius 3 is 2.53 bits per heavy atom. The Morgan fingerprint density at radius 1 is 1.12 bits per heavy atom. The number of ether oxygens (including phenoxy) is 3. The number of amides is 1. The lowest BCUT2D eigenvalue weighted by Crippen LogP contribution is -2.33. The maximum atomic E-state index is 15.6. The van der Waals surface area contributed by atoms with Gasteiger partial charge in [-0.05, 0) is 29.8 Å². The fourth-order valence-electron chi connectivity index (χ4n) is 4.18. The number of sulfonamides is 1. The molecule has 0 aliphatic carbocycles. The highest BCUT2D eigenvalue weighted by Gasteiger charge is 2.32. The van der Waals surface area contributed by atoms with E-state index in [2.05, 4.69) is 15.6 Å². The molecule has 0 spiro atoms. The van der Waals surface area contributed by atoms with Crippen LogP contribution in [-0.4, -0.2) is 53.4 Å². The van der Waals surface area contributed by atoms with Crippen molar-refractivity contribution in [2.24, 2.45) is 0 Å². The van der Waals surface area contributed by atoms with Crippen LogP contribution in [0.25, 0.3) is 0 Å². The van der Waals surface area contributed by atoms with Crippen LogP contribution in [0.2, 0.25) is 5.02 Å². The van der Waals surface area contributed by atoms with Gasteiger partial charge in [0.2, 0.25) is 0 Å². The fourth-order valence-corrected chi connectivity index (χ4v) is 6.82. The largest absolute Gasteiger partial charge is 0.497 e. The third kappa shape index (κ3) is 7.86. The van der Waals surface area contributed by atoms with Gasteiger partial charge < -0.3 is 24.8 Å². The molecule has 1 unspecified atom stereocenters. The summed E-state index contributed by atoms with van der Waals surface area (Å²) in [4.78, 5) is 15.5. The molecule has 0 bridgehead atoms. The molecule has 0 fully saturated rings. The first-order valence-corrected chi connectivity index (χ1v) is 15.6. The molecule has 0 aliphatic rings. The molecule has 2 N–H and O–H groups in total. The van der Waals surface area contributed by atoms with Crippen molar-refractivity contribution in [2.45, 2.75) is 24.0 Å². The minimum Gasteiger partial charge on any atom is -0.497 e. The highest BCUT2D eigenvalue weighted by Crippen LogP contribution is 2.35. The second-order valence-corrected chi connectivity index (χ2v) is 12.2. The molecule has 4 rings (SSSR count). The zero-order chi connectivity index (χ0) is 31.0. The van der Waals surface area contributed by atoms with E-state index < -0.39 is 32.9 Å². The Kier molecular flexibility index (Phi) is 10.7. The van der Waals surface area contributed by atoms with Crippen molar-refractivity contribution < 1.29 is 31.8 Å². The summed E-state index contributed by atoms with van der Waals surface area (Å²) in [6.45, 7) is -0.117. The Balaban J connectivity index is 1.61.